The van der Waals surface area contributed by atoms with Crippen molar-refractivity contribution in [1.82, 2.24) is 9.13 Å². The molecule has 0 aliphatic rings. The minimum atomic E-state index is -2.61. The molecule has 4 rings (SSSR count). The first-order valence-electron chi connectivity index (χ1n) is 12.0. The summed E-state index contributed by atoms with van der Waals surface area (Å²) < 4.78 is 7.18. The Kier molecular flexibility index (Phi) is 7.74. The molecule has 0 aliphatic carbocycles. The van der Waals surface area contributed by atoms with Crippen LogP contribution < -0.4 is 32.3 Å². The lowest BCUT2D eigenvalue weighted by Crippen LogP contribution is -2.44. The summed E-state index contributed by atoms with van der Waals surface area (Å²) in [7, 11) is 0.00922. The molecule has 1 heterocycles. The highest BCUT2D eigenvalue weighted by Gasteiger charge is 2.50. The molecule has 1 unspecified atom stereocenters. The van der Waals surface area contributed by atoms with E-state index in [4.69, 9.17) is 4.74 Å². The molecule has 0 saturated heterocycles. The van der Waals surface area contributed by atoms with Gasteiger partial charge in [-0.2, -0.15) is 0 Å². The molecule has 4 aromatic rings. The fourth-order valence-corrected chi connectivity index (χ4v) is 9.21. The number of carbonyl (C=O) groups excluding carboxylic acids is 1. The number of nitrogens with zero attached hydrogens (tertiary/aromatic N) is 2. The minimum absolute atomic E-state index is 0.0864. The van der Waals surface area contributed by atoms with Crippen molar-refractivity contribution in [1.29, 1.82) is 0 Å². The number of benzene rings is 3. The van der Waals surface area contributed by atoms with Crippen LogP contribution in [0.2, 0.25) is 0 Å². The average molecular weight is 517 g/mol. The molecule has 3 aromatic carbocycles. The van der Waals surface area contributed by atoms with Gasteiger partial charge in [-0.3, -0.25) is 14.2 Å². The van der Waals surface area contributed by atoms with Crippen molar-refractivity contribution < 1.29 is 14.6 Å². The predicted octanol–water partition coefficient (Wildman–Crippen LogP) is 1.80. The molecule has 1 aromatic heterocycles. The lowest BCUT2D eigenvalue weighted by Gasteiger charge is -2.32. The monoisotopic (exact) mass is 516 g/mol. The fraction of sp³-hybridized carbons (Fsp3) is 0.207. The number of ether oxygens (including phenoxy) is 1. The Hall–Kier alpha value is -3.96. The van der Waals surface area contributed by atoms with Gasteiger partial charge in [-0.05, 0) is 49.2 Å². The number of carbonyl (C=O) groups is 1. The van der Waals surface area contributed by atoms with E-state index in [-0.39, 0.29) is 18.3 Å². The van der Waals surface area contributed by atoms with Gasteiger partial charge in [0.25, 0.3) is 5.56 Å². The normalized spacial score (nSPS) is 12.2. The van der Waals surface area contributed by atoms with Crippen molar-refractivity contribution in [2.75, 3.05) is 12.8 Å². The predicted molar refractivity (Wildman–Crippen MR) is 146 cm³/mol. The zero-order chi connectivity index (χ0) is 26.6. The van der Waals surface area contributed by atoms with Gasteiger partial charge in [0.05, 0.1) is 12.8 Å². The zero-order valence-corrected chi connectivity index (χ0v) is 21.9. The molecule has 37 heavy (non-hydrogen) atoms. The van der Waals surface area contributed by atoms with Crippen LogP contribution in [0.15, 0.2) is 101 Å². The van der Waals surface area contributed by atoms with Gasteiger partial charge in [0, 0.05) is 19.7 Å². The number of hydrogen-bond acceptors (Lipinski definition) is 5. The Bertz CT molecular complexity index is 1400. The summed E-state index contributed by atoms with van der Waals surface area (Å²) in [6, 6.07) is 29.6. The number of rotatable bonds is 8. The number of esters is 1. The molecule has 0 radical (unpaired) electrons. The van der Waals surface area contributed by atoms with E-state index < -0.39 is 36.3 Å². The molecule has 7 nitrogen and oxygen atoms in total. The summed E-state index contributed by atoms with van der Waals surface area (Å²) in [6.07, 6.45) is 0.145. The summed E-state index contributed by atoms with van der Waals surface area (Å²) in [4.78, 5) is 39.4. The molecule has 0 amide bonds. The van der Waals surface area contributed by atoms with Crippen LogP contribution in [-0.2, 0) is 23.6 Å². The maximum absolute atomic E-state index is 13.5. The van der Waals surface area contributed by atoms with Crippen LogP contribution in [0.3, 0.4) is 0 Å². The Morgan fingerprint density at radius 3 is 1.65 bits per heavy atom. The molecule has 0 bridgehead atoms. The van der Waals surface area contributed by atoms with Crippen molar-refractivity contribution in [2.45, 2.75) is 12.8 Å². The second-order valence-corrected chi connectivity index (χ2v) is 12.3. The number of hydrogen-bond donors (Lipinski definition) is 0. The van der Waals surface area contributed by atoms with Crippen molar-refractivity contribution in [3.05, 3.63) is 117 Å². The Morgan fingerprint density at radius 2 is 1.24 bits per heavy atom. The first kappa shape index (κ1) is 26.1. The van der Waals surface area contributed by atoms with E-state index in [9.17, 15) is 19.5 Å². The summed E-state index contributed by atoms with van der Waals surface area (Å²) in [5.74, 6) is -2.63. The maximum Gasteiger partial charge on any atom is 0.329 e. The quantitative estimate of drug-likeness (QED) is 0.263. The van der Waals surface area contributed by atoms with Gasteiger partial charge in [0.15, 0.2) is 0 Å². The molecular weight excluding hydrogens is 487 g/mol. The van der Waals surface area contributed by atoms with E-state index in [1.54, 1.807) is 6.92 Å². The largest absolute Gasteiger partial charge is 0.860 e. The second kappa shape index (κ2) is 11.0. The SMILES string of the molecule is CCOC(=O)C(C[P+](c1ccccc1)(c1ccccc1)c1ccccc1)c1c([O-])n(C)c(=O)n(C)c1=O. The van der Waals surface area contributed by atoms with Crippen molar-refractivity contribution in [3.63, 3.8) is 0 Å². The van der Waals surface area contributed by atoms with E-state index in [1.807, 2.05) is 91.0 Å². The summed E-state index contributed by atoms with van der Waals surface area (Å²) in [5, 5.41) is 16.4. The molecule has 8 heteroatoms. The van der Waals surface area contributed by atoms with Crippen LogP contribution in [0.25, 0.3) is 0 Å². The lowest BCUT2D eigenvalue weighted by molar-refractivity contribution is -0.281. The van der Waals surface area contributed by atoms with E-state index in [1.165, 1.54) is 14.1 Å². The van der Waals surface area contributed by atoms with Crippen molar-refractivity contribution in [3.8, 4) is 5.88 Å². The first-order chi connectivity index (χ1) is 17.8. The van der Waals surface area contributed by atoms with Crippen molar-refractivity contribution >= 4 is 29.1 Å². The third-order valence-corrected chi connectivity index (χ3v) is 11.1. The summed E-state index contributed by atoms with van der Waals surface area (Å²) in [6.45, 7) is 1.77. The van der Waals surface area contributed by atoms with Crippen LogP contribution >= 0.6 is 7.26 Å². The van der Waals surface area contributed by atoms with E-state index in [0.29, 0.717) is 0 Å². The Balaban J connectivity index is 2.09. The molecule has 190 valence electrons. The average Bonchev–Trinajstić information content (AvgIpc) is 2.94. The van der Waals surface area contributed by atoms with E-state index in [0.717, 1.165) is 25.0 Å². The smallest absolute Gasteiger partial charge is 0.329 e. The Labute approximate surface area is 215 Å². The van der Waals surface area contributed by atoms with Gasteiger partial charge in [-0.1, -0.05) is 54.6 Å². The maximum atomic E-state index is 13.5. The van der Waals surface area contributed by atoms with Crippen molar-refractivity contribution in [2.24, 2.45) is 14.1 Å². The van der Waals surface area contributed by atoms with Crippen LogP contribution in [0.5, 0.6) is 5.88 Å². The van der Waals surface area contributed by atoms with Gasteiger partial charge in [0.2, 0.25) is 0 Å². The third kappa shape index (κ3) is 4.75. The molecule has 0 saturated carbocycles. The summed E-state index contributed by atoms with van der Waals surface area (Å²) >= 11 is 0. The standard InChI is InChI=1S/C29H29N2O5P/c1-4-36-28(34)24(25-26(32)30(2)29(35)31(3)27(25)33)20-37(21-14-8-5-9-15-21,22-16-10-6-11-17-22)23-18-12-7-13-19-23/h5-19,24H,4,20H2,1-3H3. The van der Waals surface area contributed by atoms with Gasteiger partial charge in [-0.15, -0.1) is 0 Å². The topological polar surface area (TPSA) is 93.4 Å². The zero-order valence-electron chi connectivity index (χ0n) is 21.0. The fourth-order valence-electron chi connectivity index (χ4n) is 4.76. The van der Waals surface area contributed by atoms with Gasteiger partial charge < -0.3 is 14.4 Å². The second-order valence-electron chi connectivity index (χ2n) is 8.73. The van der Waals surface area contributed by atoms with Gasteiger partial charge in [-0.25, -0.2) is 4.79 Å². The minimum Gasteiger partial charge on any atom is -0.860 e. The third-order valence-electron chi connectivity index (χ3n) is 6.61. The summed E-state index contributed by atoms with van der Waals surface area (Å²) in [5.41, 5.74) is -1.77. The van der Waals surface area contributed by atoms with E-state index >= 15 is 0 Å². The molecule has 0 aliphatic heterocycles. The highest BCUT2D eigenvalue weighted by Crippen LogP contribution is 2.58. The lowest BCUT2D eigenvalue weighted by atomic mass is 10.0. The van der Waals surface area contributed by atoms with Crippen LogP contribution in [-0.4, -0.2) is 27.9 Å². The molecule has 0 spiro atoms. The Morgan fingerprint density at radius 1 is 0.811 bits per heavy atom. The first-order valence-corrected chi connectivity index (χ1v) is 14.0. The highest BCUT2D eigenvalue weighted by molar-refractivity contribution is 7.95. The van der Waals surface area contributed by atoms with E-state index in [2.05, 4.69) is 0 Å². The van der Waals surface area contributed by atoms with Crippen LogP contribution in [0, 0.1) is 0 Å². The molecular formula is C29H29N2O5P. The van der Waals surface area contributed by atoms with Crippen LogP contribution in [0.4, 0.5) is 0 Å². The molecule has 1 atom stereocenters. The molecule has 0 fully saturated rings. The highest BCUT2D eigenvalue weighted by atomic mass is 31.2. The van der Waals surface area contributed by atoms with Gasteiger partial charge >= 0.3 is 11.7 Å². The molecule has 0 N–H and O–H groups in total. The number of aromatic nitrogens is 2. The van der Waals surface area contributed by atoms with Gasteiger partial charge in [0.1, 0.15) is 29.1 Å². The van der Waals surface area contributed by atoms with Crippen LogP contribution in [0.1, 0.15) is 18.4 Å².